The van der Waals surface area contributed by atoms with Gasteiger partial charge in [-0.2, -0.15) is 0 Å². The Balaban J connectivity index is 1.64. The van der Waals surface area contributed by atoms with Gasteiger partial charge in [0.15, 0.2) is 11.5 Å². The van der Waals surface area contributed by atoms with E-state index in [1.165, 1.54) is 6.07 Å². The molecule has 5 rings (SSSR count). The number of ether oxygens (including phenoxy) is 2. The molecule has 0 radical (unpaired) electrons. The molecule has 0 bridgehead atoms. The number of hydrogen-bond acceptors (Lipinski definition) is 7. The van der Waals surface area contributed by atoms with Gasteiger partial charge in [0.05, 0.1) is 43.0 Å². The Labute approximate surface area is 189 Å². The highest BCUT2D eigenvalue weighted by Gasteiger charge is 2.14. The number of hydrogen-bond donors (Lipinski definition) is 2. The van der Waals surface area contributed by atoms with E-state index in [1.54, 1.807) is 51.0 Å². The zero-order valence-corrected chi connectivity index (χ0v) is 18.0. The van der Waals surface area contributed by atoms with Crippen LogP contribution in [-0.2, 0) is 0 Å². The van der Waals surface area contributed by atoms with Crippen LogP contribution in [0.1, 0.15) is 0 Å². The van der Waals surface area contributed by atoms with E-state index in [2.05, 4.69) is 20.3 Å². The van der Waals surface area contributed by atoms with Crippen molar-refractivity contribution in [1.82, 2.24) is 15.0 Å². The number of halogens is 1. The first-order valence-electron chi connectivity index (χ1n) is 10.2. The maximum Gasteiger partial charge on any atom is 0.162 e. The Morgan fingerprint density at radius 1 is 0.879 bits per heavy atom. The van der Waals surface area contributed by atoms with Gasteiger partial charge >= 0.3 is 0 Å². The van der Waals surface area contributed by atoms with Crippen molar-refractivity contribution < 1.29 is 13.9 Å². The van der Waals surface area contributed by atoms with Crippen LogP contribution in [0.25, 0.3) is 32.9 Å². The summed E-state index contributed by atoms with van der Waals surface area (Å²) in [4.78, 5) is 13.4. The van der Waals surface area contributed by atoms with Crippen LogP contribution in [0, 0.1) is 5.82 Å². The van der Waals surface area contributed by atoms with Gasteiger partial charge in [0.1, 0.15) is 11.6 Å². The minimum absolute atomic E-state index is 0.346. The lowest BCUT2D eigenvalue weighted by Crippen LogP contribution is -1.98. The number of fused-ring (bicyclic) bond motifs is 3. The summed E-state index contributed by atoms with van der Waals surface area (Å²) < 4.78 is 24.9. The normalized spacial score (nSPS) is 11.0. The molecular formula is C25H20FN5O2. The summed E-state index contributed by atoms with van der Waals surface area (Å²) in [6.45, 7) is 0. The van der Waals surface area contributed by atoms with Crippen LogP contribution in [0.4, 0.5) is 21.6 Å². The third-order valence-electron chi connectivity index (χ3n) is 5.40. The average molecular weight is 441 g/mol. The topological polar surface area (TPSA) is 95.2 Å². The molecule has 0 fully saturated rings. The molecule has 0 unspecified atom stereocenters. The maximum atomic E-state index is 14.1. The Hall–Kier alpha value is -4.46. The molecule has 0 amide bonds. The SMILES string of the molecule is COc1cc2ncc3c(N)nc(-c4cncc(Nc5ccccc5F)c4)cc3c2cc1OC. The van der Waals surface area contributed by atoms with Gasteiger partial charge in [-0.25, -0.2) is 9.37 Å². The molecule has 0 aliphatic carbocycles. The Morgan fingerprint density at radius 3 is 2.45 bits per heavy atom. The first-order chi connectivity index (χ1) is 16.1. The van der Waals surface area contributed by atoms with Crippen LogP contribution < -0.4 is 20.5 Å². The van der Waals surface area contributed by atoms with E-state index in [9.17, 15) is 4.39 Å². The summed E-state index contributed by atoms with van der Waals surface area (Å²) in [6, 6.07) is 13.9. The summed E-state index contributed by atoms with van der Waals surface area (Å²) >= 11 is 0. The van der Waals surface area contributed by atoms with E-state index in [0.717, 1.165) is 27.2 Å². The number of nitrogen functional groups attached to an aromatic ring is 1. The van der Waals surface area contributed by atoms with E-state index in [4.69, 9.17) is 15.2 Å². The quantitative estimate of drug-likeness (QED) is 0.356. The van der Waals surface area contributed by atoms with Crippen molar-refractivity contribution in [2.45, 2.75) is 0 Å². The predicted molar refractivity (Wildman–Crippen MR) is 127 cm³/mol. The molecule has 3 aromatic heterocycles. The zero-order chi connectivity index (χ0) is 22.9. The minimum Gasteiger partial charge on any atom is -0.493 e. The highest BCUT2D eigenvalue weighted by molar-refractivity contribution is 6.10. The molecule has 164 valence electrons. The van der Waals surface area contributed by atoms with Crippen LogP contribution >= 0.6 is 0 Å². The van der Waals surface area contributed by atoms with E-state index in [1.807, 2.05) is 24.3 Å². The Bertz CT molecular complexity index is 1510. The molecule has 0 aliphatic rings. The summed E-state index contributed by atoms with van der Waals surface area (Å²) in [6.07, 6.45) is 5.01. The first kappa shape index (κ1) is 20.4. The summed E-state index contributed by atoms with van der Waals surface area (Å²) in [5.74, 6) is 1.18. The van der Waals surface area contributed by atoms with Crippen molar-refractivity contribution in [2.24, 2.45) is 0 Å². The number of rotatable bonds is 5. The molecular weight excluding hydrogens is 421 g/mol. The fourth-order valence-electron chi connectivity index (χ4n) is 3.77. The monoisotopic (exact) mass is 441 g/mol. The second-order valence-corrected chi connectivity index (χ2v) is 7.40. The number of nitrogens with two attached hydrogens (primary N) is 1. The standard InChI is InChI=1S/C25H20FN5O2/c1-32-23-9-17-16-8-21(31-25(27)18(16)13-29-22(17)10-24(23)33-2)14-7-15(12-28-11-14)30-20-6-4-3-5-19(20)26/h3-13,30H,1-2H3,(H2,27,31). The highest BCUT2D eigenvalue weighted by atomic mass is 19.1. The number of aromatic nitrogens is 3. The summed E-state index contributed by atoms with van der Waals surface area (Å²) in [7, 11) is 3.17. The predicted octanol–water partition coefficient (Wildman–Crippen LogP) is 5.33. The average Bonchev–Trinajstić information content (AvgIpc) is 2.84. The van der Waals surface area contributed by atoms with Crippen molar-refractivity contribution in [3.63, 3.8) is 0 Å². The molecule has 8 heteroatoms. The third-order valence-corrected chi connectivity index (χ3v) is 5.40. The minimum atomic E-state index is -0.348. The van der Waals surface area contributed by atoms with Crippen LogP contribution in [0.2, 0.25) is 0 Å². The molecule has 3 N–H and O–H groups in total. The molecule has 0 saturated carbocycles. The van der Waals surface area contributed by atoms with E-state index < -0.39 is 0 Å². The van der Waals surface area contributed by atoms with Gasteiger partial charge in [0.25, 0.3) is 0 Å². The number of nitrogens with one attached hydrogen (secondary N) is 1. The highest BCUT2D eigenvalue weighted by Crippen LogP contribution is 2.37. The molecule has 0 saturated heterocycles. The fraction of sp³-hybridized carbons (Fsp3) is 0.0800. The number of pyridine rings is 3. The molecule has 3 heterocycles. The van der Waals surface area contributed by atoms with Crippen molar-refractivity contribution >= 4 is 38.9 Å². The number of nitrogens with zero attached hydrogens (tertiary/aromatic N) is 3. The number of para-hydroxylation sites is 1. The van der Waals surface area contributed by atoms with Gasteiger partial charge in [-0.3, -0.25) is 9.97 Å². The maximum absolute atomic E-state index is 14.1. The Kier molecular flexibility index (Phi) is 5.10. The summed E-state index contributed by atoms with van der Waals surface area (Å²) in [5, 5.41) is 5.51. The van der Waals surface area contributed by atoms with Gasteiger partial charge in [-0.15, -0.1) is 0 Å². The fourth-order valence-corrected chi connectivity index (χ4v) is 3.77. The van der Waals surface area contributed by atoms with Crippen molar-refractivity contribution in [3.05, 3.63) is 72.9 Å². The Morgan fingerprint density at radius 2 is 1.67 bits per heavy atom. The van der Waals surface area contributed by atoms with Crippen molar-refractivity contribution in [2.75, 3.05) is 25.3 Å². The van der Waals surface area contributed by atoms with Crippen LogP contribution in [0.5, 0.6) is 11.5 Å². The van der Waals surface area contributed by atoms with Gasteiger partial charge in [0.2, 0.25) is 0 Å². The molecule has 0 aliphatic heterocycles. The smallest absolute Gasteiger partial charge is 0.162 e. The molecule has 0 atom stereocenters. The van der Waals surface area contributed by atoms with Crippen LogP contribution in [0.15, 0.2) is 67.1 Å². The van der Waals surface area contributed by atoms with Gasteiger partial charge in [-0.05, 0) is 35.7 Å². The van der Waals surface area contributed by atoms with Crippen molar-refractivity contribution in [3.8, 4) is 22.8 Å². The van der Waals surface area contributed by atoms with Crippen LogP contribution in [0.3, 0.4) is 0 Å². The van der Waals surface area contributed by atoms with E-state index in [0.29, 0.717) is 34.4 Å². The third kappa shape index (κ3) is 3.71. The van der Waals surface area contributed by atoms with Gasteiger partial charge < -0.3 is 20.5 Å². The largest absolute Gasteiger partial charge is 0.493 e. The number of methoxy groups -OCH3 is 2. The second kappa shape index (κ2) is 8.23. The second-order valence-electron chi connectivity index (χ2n) is 7.40. The molecule has 5 aromatic rings. The lowest BCUT2D eigenvalue weighted by atomic mass is 10.0. The zero-order valence-electron chi connectivity index (χ0n) is 18.0. The number of benzene rings is 2. The lowest BCUT2D eigenvalue weighted by molar-refractivity contribution is 0.356. The van der Waals surface area contributed by atoms with Crippen molar-refractivity contribution in [1.29, 1.82) is 0 Å². The molecule has 2 aromatic carbocycles. The van der Waals surface area contributed by atoms with Crippen LogP contribution in [-0.4, -0.2) is 29.2 Å². The van der Waals surface area contributed by atoms with E-state index in [-0.39, 0.29) is 5.82 Å². The molecule has 0 spiro atoms. The number of anilines is 3. The van der Waals surface area contributed by atoms with E-state index >= 15 is 0 Å². The van der Waals surface area contributed by atoms with Gasteiger partial charge in [-0.1, -0.05) is 12.1 Å². The summed E-state index contributed by atoms with van der Waals surface area (Å²) in [5.41, 5.74) is 9.40. The molecule has 7 nitrogen and oxygen atoms in total. The van der Waals surface area contributed by atoms with Gasteiger partial charge in [0, 0.05) is 34.8 Å². The lowest BCUT2D eigenvalue weighted by Gasteiger charge is -2.13. The first-order valence-corrected chi connectivity index (χ1v) is 10.2. The molecule has 33 heavy (non-hydrogen) atoms.